The van der Waals surface area contributed by atoms with E-state index < -0.39 is 0 Å². The number of hydrogen-bond donors (Lipinski definition) is 1. The van der Waals surface area contributed by atoms with Crippen LogP contribution in [0, 0.1) is 0 Å². The van der Waals surface area contributed by atoms with Gasteiger partial charge in [-0.25, -0.2) is 0 Å². The van der Waals surface area contributed by atoms with Gasteiger partial charge >= 0.3 is 0 Å². The van der Waals surface area contributed by atoms with E-state index in [1.54, 1.807) is 18.3 Å². The molecule has 0 spiro atoms. The minimum atomic E-state index is 0.649. The van der Waals surface area contributed by atoms with Gasteiger partial charge in [-0.3, -0.25) is 4.98 Å². The maximum atomic E-state index is 6.14. The molecular formula is C13H12Cl2N2. The van der Waals surface area contributed by atoms with Crippen LogP contribution in [0.5, 0.6) is 0 Å². The molecule has 88 valence electrons. The van der Waals surface area contributed by atoms with Crippen LogP contribution in [-0.4, -0.2) is 11.5 Å². The fraction of sp³-hybridized carbons (Fsp3) is 0.154. The molecule has 0 aliphatic heterocycles. The van der Waals surface area contributed by atoms with E-state index >= 15 is 0 Å². The number of anilines is 1. The molecule has 2 aromatic rings. The van der Waals surface area contributed by atoms with E-state index in [1.807, 2.05) is 25.1 Å². The fourth-order valence-corrected chi connectivity index (χ4v) is 1.97. The summed E-state index contributed by atoms with van der Waals surface area (Å²) in [5, 5.41) is 4.54. The molecule has 0 aliphatic carbocycles. The summed E-state index contributed by atoms with van der Waals surface area (Å²) in [7, 11) is 0. The van der Waals surface area contributed by atoms with Crippen molar-refractivity contribution in [3.05, 3.63) is 46.6 Å². The largest absolute Gasteiger partial charge is 0.385 e. The molecule has 2 rings (SSSR count). The van der Waals surface area contributed by atoms with Gasteiger partial charge in [0.05, 0.1) is 10.7 Å². The first-order valence-electron chi connectivity index (χ1n) is 5.36. The van der Waals surface area contributed by atoms with Gasteiger partial charge in [0.2, 0.25) is 0 Å². The van der Waals surface area contributed by atoms with Crippen molar-refractivity contribution in [1.82, 2.24) is 4.98 Å². The Bertz CT molecular complexity index is 527. The topological polar surface area (TPSA) is 24.9 Å². The van der Waals surface area contributed by atoms with Crippen molar-refractivity contribution in [2.24, 2.45) is 0 Å². The number of benzene rings is 1. The quantitative estimate of drug-likeness (QED) is 0.886. The maximum Gasteiger partial charge on any atom is 0.0738 e. The summed E-state index contributed by atoms with van der Waals surface area (Å²) in [4.78, 5) is 4.31. The molecule has 1 heterocycles. The molecule has 2 nitrogen and oxygen atoms in total. The van der Waals surface area contributed by atoms with Crippen molar-refractivity contribution in [2.75, 3.05) is 11.9 Å². The van der Waals surface area contributed by atoms with Gasteiger partial charge in [-0.15, -0.1) is 0 Å². The summed E-state index contributed by atoms with van der Waals surface area (Å²) in [6.45, 7) is 2.92. The molecule has 4 heteroatoms. The number of rotatable bonds is 3. The Morgan fingerprint density at radius 3 is 2.76 bits per heavy atom. The van der Waals surface area contributed by atoms with Crippen LogP contribution in [0.3, 0.4) is 0 Å². The summed E-state index contributed by atoms with van der Waals surface area (Å²) in [5.41, 5.74) is 2.68. The number of pyridine rings is 1. The molecule has 0 aliphatic rings. The van der Waals surface area contributed by atoms with Gasteiger partial charge in [0.1, 0.15) is 0 Å². The zero-order chi connectivity index (χ0) is 12.3. The van der Waals surface area contributed by atoms with Gasteiger partial charge in [0, 0.05) is 29.0 Å². The Morgan fingerprint density at radius 2 is 2.00 bits per heavy atom. The smallest absolute Gasteiger partial charge is 0.0738 e. The fourth-order valence-electron chi connectivity index (χ4n) is 1.59. The molecule has 0 unspecified atom stereocenters. The minimum Gasteiger partial charge on any atom is -0.385 e. The number of hydrogen-bond acceptors (Lipinski definition) is 2. The first-order valence-corrected chi connectivity index (χ1v) is 6.11. The number of nitrogens with one attached hydrogen (secondary N) is 1. The van der Waals surface area contributed by atoms with Crippen molar-refractivity contribution < 1.29 is 0 Å². The SMILES string of the molecule is CCNc1ccnc(-c2cc(Cl)ccc2Cl)c1. The Balaban J connectivity index is 2.45. The second-order valence-electron chi connectivity index (χ2n) is 3.58. The van der Waals surface area contributed by atoms with Gasteiger partial charge in [0.25, 0.3) is 0 Å². The first-order chi connectivity index (χ1) is 8.20. The van der Waals surface area contributed by atoms with E-state index in [0.29, 0.717) is 10.0 Å². The average Bonchev–Trinajstić information content (AvgIpc) is 2.33. The Kier molecular flexibility index (Phi) is 3.87. The molecule has 0 fully saturated rings. The Labute approximate surface area is 111 Å². The van der Waals surface area contributed by atoms with Crippen LogP contribution in [0.4, 0.5) is 5.69 Å². The van der Waals surface area contributed by atoms with Crippen molar-refractivity contribution in [3.8, 4) is 11.3 Å². The lowest BCUT2D eigenvalue weighted by atomic mass is 10.1. The van der Waals surface area contributed by atoms with Gasteiger partial charge in [-0.05, 0) is 37.3 Å². The highest BCUT2D eigenvalue weighted by Crippen LogP contribution is 2.30. The zero-order valence-corrected chi connectivity index (χ0v) is 10.9. The second-order valence-corrected chi connectivity index (χ2v) is 4.43. The minimum absolute atomic E-state index is 0.649. The van der Waals surface area contributed by atoms with E-state index in [1.165, 1.54) is 0 Å². The maximum absolute atomic E-state index is 6.14. The van der Waals surface area contributed by atoms with Crippen LogP contribution in [0.1, 0.15) is 6.92 Å². The monoisotopic (exact) mass is 266 g/mol. The van der Waals surface area contributed by atoms with Crippen molar-refractivity contribution in [1.29, 1.82) is 0 Å². The highest BCUT2D eigenvalue weighted by molar-refractivity contribution is 6.35. The molecule has 17 heavy (non-hydrogen) atoms. The summed E-state index contributed by atoms with van der Waals surface area (Å²) in [6, 6.07) is 9.25. The molecular weight excluding hydrogens is 255 g/mol. The number of halogens is 2. The highest BCUT2D eigenvalue weighted by Gasteiger charge is 2.06. The zero-order valence-electron chi connectivity index (χ0n) is 9.37. The normalized spacial score (nSPS) is 10.3. The molecule has 0 radical (unpaired) electrons. The Morgan fingerprint density at radius 1 is 1.18 bits per heavy atom. The standard InChI is InChI=1S/C13H12Cl2N2/c1-2-16-10-5-6-17-13(8-10)11-7-9(14)3-4-12(11)15/h3-8H,2H2,1H3,(H,16,17). The van der Waals surface area contributed by atoms with E-state index in [0.717, 1.165) is 23.5 Å². The van der Waals surface area contributed by atoms with Gasteiger partial charge in [0.15, 0.2) is 0 Å². The lowest BCUT2D eigenvalue weighted by Gasteiger charge is -2.07. The Hall–Kier alpha value is -1.25. The van der Waals surface area contributed by atoms with Crippen LogP contribution in [-0.2, 0) is 0 Å². The molecule has 0 amide bonds. The van der Waals surface area contributed by atoms with Crippen LogP contribution < -0.4 is 5.32 Å². The molecule has 1 aromatic carbocycles. The molecule has 0 atom stereocenters. The molecule has 1 aromatic heterocycles. The molecule has 0 saturated carbocycles. The van der Waals surface area contributed by atoms with Crippen molar-refractivity contribution in [2.45, 2.75) is 6.92 Å². The summed E-state index contributed by atoms with van der Waals surface area (Å²) >= 11 is 12.1. The van der Waals surface area contributed by atoms with E-state index in [2.05, 4.69) is 10.3 Å². The first kappa shape index (κ1) is 12.2. The lowest BCUT2D eigenvalue weighted by Crippen LogP contribution is -1.97. The number of nitrogens with zero attached hydrogens (tertiary/aromatic N) is 1. The van der Waals surface area contributed by atoms with Gasteiger partial charge in [-0.2, -0.15) is 0 Å². The summed E-state index contributed by atoms with van der Waals surface area (Å²) < 4.78 is 0. The third-order valence-electron chi connectivity index (χ3n) is 2.35. The lowest BCUT2D eigenvalue weighted by molar-refractivity contribution is 1.20. The van der Waals surface area contributed by atoms with Crippen LogP contribution in [0.15, 0.2) is 36.5 Å². The number of aromatic nitrogens is 1. The molecule has 0 bridgehead atoms. The third kappa shape index (κ3) is 2.90. The molecule has 1 N–H and O–H groups in total. The summed E-state index contributed by atoms with van der Waals surface area (Å²) in [6.07, 6.45) is 1.75. The molecule has 0 saturated heterocycles. The van der Waals surface area contributed by atoms with Crippen molar-refractivity contribution in [3.63, 3.8) is 0 Å². The third-order valence-corrected chi connectivity index (χ3v) is 2.91. The van der Waals surface area contributed by atoms with Crippen LogP contribution in [0.2, 0.25) is 10.0 Å². The van der Waals surface area contributed by atoms with Crippen LogP contribution in [0.25, 0.3) is 11.3 Å². The second kappa shape index (κ2) is 5.39. The van der Waals surface area contributed by atoms with Crippen molar-refractivity contribution >= 4 is 28.9 Å². The van der Waals surface area contributed by atoms with E-state index in [-0.39, 0.29) is 0 Å². The highest BCUT2D eigenvalue weighted by atomic mass is 35.5. The predicted octanol–water partition coefficient (Wildman–Crippen LogP) is 4.49. The van der Waals surface area contributed by atoms with E-state index in [4.69, 9.17) is 23.2 Å². The predicted molar refractivity (Wildman–Crippen MR) is 73.9 cm³/mol. The van der Waals surface area contributed by atoms with E-state index in [9.17, 15) is 0 Å². The van der Waals surface area contributed by atoms with Gasteiger partial charge in [-0.1, -0.05) is 23.2 Å². The average molecular weight is 267 g/mol. The van der Waals surface area contributed by atoms with Gasteiger partial charge < -0.3 is 5.32 Å². The summed E-state index contributed by atoms with van der Waals surface area (Å²) in [5.74, 6) is 0. The van der Waals surface area contributed by atoms with Crippen LogP contribution >= 0.6 is 23.2 Å².